The van der Waals surface area contributed by atoms with Crippen molar-refractivity contribution >= 4 is 53.2 Å². The van der Waals surface area contributed by atoms with Crippen LogP contribution in [0, 0.1) is 6.92 Å². The first-order valence-electron chi connectivity index (χ1n) is 10.2. The van der Waals surface area contributed by atoms with Crippen LogP contribution >= 0.6 is 22.7 Å². The van der Waals surface area contributed by atoms with E-state index < -0.39 is 10.1 Å². The summed E-state index contributed by atoms with van der Waals surface area (Å²) in [4.78, 5) is 9.51. The second-order valence-electron chi connectivity index (χ2n) is 7.74. The number of aromatic nitrogens is 2. The summed E-state index contributed by atoms with van der Waals surface area (Å²) in [6.07, 6.45) is 1.37. The van der Waals surface area contributed by atoms with Crippen molar-refractivity contribution in [3.63, 3.8) is 0 Å². The highest BCUT2D eigenvalue weighted by molar-refractivity contribution is 7.85. The van der Waals surface area contributed by atoms with Gasteiger partial charge in [-0.15, -0.1) is 22.7 Å². The molecule has 0 atom stereocenters. The molecule has 1 N–H and O–H groups in total. The number of nitrogens with zero attached hydrogens (tertiary/aromatic N) is 2. The van der Waals surface area contributed by atoms with E-state index in [-0.39, 0.29) is 4.90 Å². The predicted octanol–water partition coefficient (Wildman–Crippen LogP) is 6.75. The molecule has 0 aliphatic heterocycles. The molecule has 0 bridgehead atoms. The van der Waals surface area contributed by atoms with Gasteiger partial charge in [0.1, 0.15) is 10.0 Å². The van der Waals surface area contributed by atoms with E-state index in [1.54, 1.807) is 17.4 Å². The van der Waals surface area contributed by atoms with Crippen molar-refractivity contribution in [2.45, 2.75) is 31.6 Å². The van der Waals surface area contributed by atoms with Crippen molar-refractivity contribution in [1.29, 1.82) is 0 Å². The molecule has 0 saturated heterocycles. The van der Waals surface area contributed by atoms with Gasteiger partial charge in [0.15, 0.2) is 0 Å². The summed E-state index contributed by atoms with van der Waals surface area (Å²) >= 11 is 3.12. The van der Waals surface area contributed by atoms with Gasteiger partial charge in [0.2, 0.25) is 0 Å². The van der Waals surface area contributed by atoms with Crippen molar-refractivity contribution < 1.29 is 13.0 Å². The van der Waals surface area contributed by atoms with Crippen molar-refractivity contribution in [3.8, 4) is 21.1 Å². The van der Waals surface area contributed by atoms with Crippen molar-refractivity contribution in [3.05, 3.63) is 65.7 Å². The maximum absolute atomic E-state index is 11.9. The van der Waals surface area contributed by atoms with E-state index in [1.807, 2.05) is 25.1 Å². The lowest BCUT2D eigenvalue weighted by atomic mass is 10.1. The molecule has 0 amide bonds. The number of hydrogen-bond acceptors (Lipinski definition) is 6. The van der Waals surface area contributed by atoms with Gasteiger partial charge in [0, 0.05) is 11.1 Å². The fraction of sp³-hybridized carbons (Fsp3) is 0.167. The summed E-state index contributed by atoms with van der Waals surface area (Å²) < 4.78 is 35.5. The molecule has 8 heteroatoms. The molecular formula is C24H20N2O3S3. The Kier molecular flexibility index (Phi) is 5.33. The van der Waals surface area contributed by atoms with Gasteiger partial charge in [-0.25, -0.2) is 9.97 Å². The smallest absolute Gasteiger partial charge is 0.282 e. The van der Waals surface area contributed by atoms with Crippen LogP contribution in [0.3, 0.4) is 0 Å². The first-order valence-corrected chi connectivity index (χ1v) is 13.3. The minimum atomic E-state index is -4.30. The largest absolute Gasteiger partial charge is 0.294 e. The molecule has 0 aliphatic rings. The Hall–Kier alpha value is -2.65. The van der Waals surface area contributed by atoms with Crippen LogP contribution < -0.4 is 0 Å². The van der Waals surface area contributed by atoms with Crippen LogP contribution in [0.2, 0.25) is 0 Å². The topological polar surface area (TPSA) is 80.2 Å². The van der Waals surface area contributed by atoms with Crippen molar-refractivity contribution in [1.82, 2.24) is 9.97 Å². The van der Waals surface area contributed by atoms with Crippen LogP contribution in [0.4, 0.5) is 0 Å². The summed E-state index contributed by atoms with van der Waals surface area (Å²) in [5.41, 5.74) is 5.38. The van der Waals surface area contributed by atoms with E-state index >= 15 is 0 Å². The zero-order chi connectivity index (χ0) is 22.5. The summed E-state index contributed by atoms with van der Waals surface area (Å²) in [6, 6.07) is 17.6. The Morgan fingerprint density at radius 2 is 1.41 bits per heavy atom. The molecule has 162 valence electrons. The number of fused-ring (bicyclic) bond motifs is 2. The van der Waals surface area contributed by atoms with Gasteiger partial charge in [0.05, 0.1) is 25.3 Å². The first-order chi connectivity index (χ1) is 15.3. The van der Waals surface area contributed by atoms with Gasteiger partial charge in [0.25, 0.3) is 10.1 Å². The number of thiazole rings is 2. The average Bonchev–Trinajstić information content (AvgIpc) is 3.35. The van der Waals surface area contributed by atoms with Crippen LogP contribution in [0.25, 0.3) is 41.6 Å². The first kappa shape index (κ1) is 21.2. The second kappa shape index (κ2) is 8.04. The lowest BCUT2D eigenvalue weighted by Gasteiger charge is -2.07. The Balaban J connectivity index is 1.57. The van der Waals surface area contributed by atoms with Crippen molar-refractivity contribution in [2.24, 2.45) is 0 Å². The van der Waals surface area contributed by atoms with Gasteiger partial charge in [-0.2, -0.15) is 8.42 Å². The molecule has 32 heavy (non-hydrogen) atoms. The molecule has 0 unspecified atom stereocenters. The Morgan fingerprint density at radius 3 is 1.97 bits per heavy atom. The Morgan fingerprint density at radius 1 is 0.844 bits per heavy atom. The Bertz CT molecular complexity index is 1510. The maximum atomic E-state index is 11.9. The van der Waals surface area contributed by atoms with Gasteiger partial charge in [-0.1, -0.05) is 55.3 Å². The Labute approximate surface area is 194 Å². The third-order valence-electron chi connectivity index (χ3n) is 5.31. The molecule has 5 aromatic rings. The third kappa shape index (κ3) is 3.95. The van der Waals surface area contributed by atoms with Gasteiger partial charge in [-0.05, 0) is 37.1 Å². The predicted molar refractivity (Wildman–Crippen MR) is 132 cm³/mol. The molecule has 0 aliphatic carbocycles. The molecular weight excluding hydrogens is 460 g/mol. The normalized spacial score (nSPS) is 12.1. The summed E-state index contributed by atoms with van der Waals surface area (Å²) in [5, 5.41) is 1.69. The van der Waals surface area contributed by atoms with E-state index in [1.165, 1.54) is 23.0 Å². The molecule has 0 spiro atoms. The van der Waals surface area contributed by atoms with Crippen LogP contribution in [0.5, 0.6) is 0 Å². The molecule has 3 aromatic carbocycles. The number of benzene rings is 3. The average molecular weight is 481 g/mol. The quantitative estimate of drug-likeness (QED) is 0.282. The summed E-state index contributed by atoms with van der Waals surface area (Å²) in [5.74, 6) is 0. The standard InChI is InChI=1S/C24H20N2O3S3/c1-3-4-15-9-10-17(11-22(15)32(27,28)29)24-26-19-13-20-18(12-21(19)31-24)25-23(30-20)16-7-5-14(2)6-8-16/h5-13H,3-4H2,1-2H3,(H,27,28,29). The molecule has 0 fully saturated rings. The van der Waals surface area contributed by atoms with Crippen LogP contribution in [-0.2, 0) is 16.5 Å². The van der Waals surface area contributed by atoms with Gasteiger partial charge in [-0.3, -0.25) is 4.55 Å². The molecule has 0 radical (unpaired) electrons. The van der Waals surface area contributed by atoms with Crippen LogP contribution in [0.1, 0.15) is 24.5 Å². The van der Waals surface area contributed by atoms with Crippen LogP contribution in [0.15, 0.2) is 59.5 Å². The minimum absolute atomic E-state index is 0.0403. The second-order valence-corrected chi connectivity index (χ2v) is 11.2. The van der Waals surface area contributed by atoms with E-state index in [9.17, 15) is 13.0 Å². The molecule has 0 saturated carbocycles. The van der Waals surface area contributed by atoms with E-state index in [0.29, 0.717) is 22.6 Å². The third-order valence-corrected chi connectivity index (χ3v) is 8.38. The van der Waals surface area contributed by atoms with Crippen LogP contribution in [-0.4, -0.2) is 22.9 Å². The maximum Gasteiger partial charge on any atom is 0.294 e. The van der Waals surface area contributed by atoms with E-state index in [2.05, 4.69) is 31.2 Å². The zero-order valence-corrected chi connectivity index (χ0v) is 19.9. The molecule has 5 rings (SSSR count). The minimum Gasteiger partial charge on any atom is -0.282 e. The summed E-state index contributed by atoms with van der Waals surface area (Å²) in [7, 11) is -4.30. The van der Waals surface area contributed by atoms with E-state index in [0.717, 1.165) is 37.4 Å². The lowest BCUT2D eigenvalue weighted by Crippen LogP contribution is -2.03. The highest BCUT2D eigenvalue weighted by Gasteiger charge is 2.18. The van der Waals surface area contributed by atoms with Gasteiger partial charge >= 0.3 is 0 Å². The highest BCUT2D eigenvalue weighted by atomic mass is 32.2. The zero-order valence-electron chi connectivity index (χ0n) is 17.5. The van der Waals surface area contributed by atoms with Gasteiger partial charge < -0.3 is 0 Å². The van der Waals surface area contributed by atoms with Crippen molar-refractivity contribution in [2.75, 3.05) is 0 Å². The fourth-order valence-corrected chi connectivity index (χ4v) is 6.44. The SMILES string of the molecule is CCCc1ccc(-c2nc3cc4sc(-c5ccc(C)cc5)nc4cc3s2)cc1S(=O)(=O)O. The highest BCUT2D eigenvalue weighted by Crippen LogP contribution is 2.37. The molecule has 2 heterocycles. The lowest BCUT2D eigenvalue weighted by molar-refractivity contribution is 0.482. The molecule has 2 aromatic heterocycles. The van der Waals surface area contributed by atoms with E-state index in [4.69, 9.17) is 9.97 Å². The summed E-state index contributed by atoms with van der Waals surface area (Å²) in [6.45, 7) is 4.04. The fourth-order valence-electron chi connectivity index (χ4n) is 3.70. The molecule has 5 nitrogen and oxygen atoms in total. The monoisotopic (exact) mass is 480 g/mol. The number of aryl methyl sites for hydroxylation is 2. The number of hydrogen-bond donors (Lipinski definition) is 1. The number of rotatable bonds is 5.